The quantitative estimate of drug-likeness (QED) is 0.313. The zero-order valence-corrected chi connectivity index (χ0v) is 18.2. The minimum absolute atomic E-state index is 0.137. The van der Waals surface area contributed by atoms with Crippen LogP contribution in [0.3, 0.4) is 0 Å². The van der Waals surface area contributed by atoms with Crippen molar-refractivity contribution in [3.63, 3.8) is 0 Å². The Morgan fingerprint density at radius 1 is 1.29 bits per heavy atom. The number of thiazole rings is 1. The maximum Gasteiger partial charge on any atom is 0.280 e. The molecule has 2 aromatic heterocycles. The molecule has 2 heterocycles. The molecule has 0 aliphatic carbocycles. The molecule has 0 bridgehead atoms. The number of nitrogens with zero attached hydrogens (tertiary/aromatic N) is 3. The zero-order chi connectivity index (χ0) is 19.7. The Bertz CT molecular complexity index is 1220. The fourth-order valence-electron chi connectivity index (χ4n) is 2.81. The molecule has 6 nitrogen and oxygen atoms in total. The van der Waals surface area contributed by atoms with E-state index in [2.05, 4.69) is 37.7 Å². The molecule has 1 N–H and O–H groups in total. The second-order valence-electron chi connectivity index (χ2n) is 6.08. The summed E-state index contributed by atoms with van der Waals surface area (Å²) in [5, 5.41) is 3.71. The number of aliphatic imine (C=N–C) groups is 1. The van der Waals surface area contributed by atoms with Gasteiger partial charge in [0, 0.05) is 15.5 Å². The molecule has 0 amide bonds. The van der Waals surface area contributed by atoms with E-state index < -0.39 is 0 Å². The smallest absolute Gasteiger partial charge is 0.280 e. The van der Waals surface area contributed by atoms with Crippen LogP contribution in [0, 0.1) is 10.5 Å². The Kier molecular flexibility index (Phi) is 5.31. The van der Waals surface area contributed by atoms with Crippen LogP contribution in [0.2, 0.25) is 0 Å². The lowest BCUT2D eigenvalue weighted by Gasteiger charge is -2.00. The van der Waals surface area contributed by atoms with Crippen LogP contribution >= 0.6 is 33.9 Å². The van der Waals surface area contributed by atoms with Gasteiger partial charge in [-0.1, -0.05) is 11.3 Å². The maximum atomic E-state index is 12.8. The monoisotopic (exact) mass is 504 g/mol. The summed E-state index contributed by atoms with van der Waals surface area (Å²) in [6, 6.07) is 13.5. The third kappa shape index (κ3) is 3.74. The molecule has 0 spiro atoms. The van der Waals surface area contributed by atoms with E-state index in [1.54, 1.807) is 6.21 Å². The Hall–Kier alpha value is -2.46. The van der Waals surface area contributed by atoms with Gasteiger partial charge in [-0.05, 0) is 78.9 Å². The van der Waals surface area contributed by atoms with Crippen LogP contribution in [0.1, 0.15) is 18.2 Å². The van der Waals surface area contributed by atoms with Gasteiger partial charge in [-0.25, -0.2) is 14.7 Å². The highest BCUT2D eigenvalue weighted by atomic mass is 127. The fraction of sp³-hybridized carbons (Fsp3) is 0.150. The molecule has 2 aromatic carbocycles. The number of rotatable bonds is 5. The number of ether oxygens (including phenoxy) is 1. The molecule has 28 heavy (non-hydrogen) atoms. The first-order chi connectivity index (χ1) is 13.5. The van der Waals surface area contributed by atoms with Crippen LogP contribution in [-0.4, -0.2) is 27.6 Å². The first-order valence-electron chi connectivity index (χ1n) is 8.70. The number of hydrogen-bond donors (Lipinski definition) is 1. The van der Waals surface area contributed by atoms with Crippen molar-refractivity contribution in [2.45, 2.75) is 13.8 Å². The van der Waals surface area contributed by atoms with E-state index in [1.807, 2.05) is 56.3 Å². The molecule has 0 unspecified atom stereocenters. The first kappa shape index (κ1) is 18.9. The SMILES string of the molecule is CCOc1ccc2nc(/N=C/c3c(C)[nH]n(-c4ccc(I)cc4)c3=O)sc2c1. The van der Waals surface area contributed by atoms with Gasteiger partial charge in [-0.2, -0.15) is 0 Å². The number of hydrogen-bond acceptors (Lipinski definition) is 5. The number of benzene rings is 2. The molecule has 8 heteroatoms. The van der Waals surface area contributed by atoms with Gasteiger partial charge in [0.05, 0.1) is 28.1 Å². The maximum absolute atomic E-state index is 12.8. The van der Waals surface area contributed by atoms with E-state index in [1.165, 1.54) is 16.0 Å². The van der Waals surface area contributed by atoms with Gasteiger partial charge >= 0.3 is 0 Å². The van der Waals surface area contributed by atoms with Crippen LogP contribution in [0.25, 0.3) is 15.9 Å². The van der Waals surface area contributed by atoms with E-state index in [0.717, 1.165) is 30.9 Å². The van der Waals surface area contributed by atoms with Crippen LogP contribution < -0.4 is 10.3 Å². The minimum atomic E-state index is -0.137. The lowest BCUT2D eigenvalue weighted by molar-refractivity contribution is 0.341. The van der Waals surface area contributed by atoms with Crippen molar-refractivity contribution >= 4 is 55.5 Å². The third-order valence-electron chi connectivity index (χ3n) is 4.17. The average Bonchev–Trinajstić information content (AvgIpc) is 3.21. The summed E-state index contributed by atoms with van der Waals surface area (Å²) >= 11 is 3.70. The van der Waals surface area contributed by atoms with Crippen LogP contribution in [0.5, 0.6) is 5.75 Å². The van der Waals surface area contributed by atoms with E-state index in [0.29, 0.717) is 17.3 Å². The second kappa shape index (κ2) is 7.88. The molecule has 4 rings (SSSR count). The number of halogens is 1. The molecular weight excluding hydrogens is 487 g/mol. The molecule has 0 atom stereocenters. The van der Waals surface area contributed by atoms with Gasteiger partial charge in [0.1, 0.15) is 5.75 Å². The number of fused-ring (bicyclic) bond motifs is 1. The average molecular weight is 504 g/mol. The summed E-state index contributed by atoms with van der Waals surface area (Å²) in [6.45, 7) is 4.43. The van der Waals surface area contributed by atoms with E-state index >= 15 is 0 Å². The molecule has 0 radical (unpaired) electrons. The van der Waals surface area contributed by atoms with Gasteiger partial charge in [-0.3, -0.25) is 9.89 Å². The van der Waals surface area contributed by atoms with Crippen molar-refractivity contribution in [2.75, 3.05) is 6.61 Å². The van der Waals surface area contributed by atoms with E-state index in [-0.39, 0.29) is 5.56 Å². The van der Waals surface area contributed by atoms with Crippen LogP contribution in [-0.2, 0) is 0 Å². The number of aromatic amines is 1. The molecular formula is C20H17IN4O2S. The Labute approximate surface area is 179 Å². The van der Waals surface area contributed by atoms with E-state index in [9.17, 15) is 4.79 Å². The lowest BCUT2D eigenvalue weighted by Crippen LogP contribution is -2.17. The highest BCUT2D eigenvalue weighted by molar-refractivity contribution is 14.1. The van der Waals surface area contributed by atoms with Crippen LogP contribution in [0.4, 0.5) is 5.13 Å². The topological polar surface area (TPSA) is 72.3 Å². The predicted molar refractivity (Wildman–Crippen MR) is 122 cm³/mol. The van der Waals surface area contributed by atoms with Crippen molar-refractivity contribution in [1.82, 2.24) is 14.8 Å². The molecule has 0 saturated heterocycles. The largest absolute Gasteiger partial charge is 0.494 e. The molecule has 0 saturated carbocycles. The van der Waals surface area contributed by atoms with Gasteiger partial charge in [0.2, 0.25) is 5.13 Å². The Morgan fingerprint density at radius 3 is 2.82 bits per heavy atom. The standard InChI is InChI=1S/C20H17IN4O2S/c1-3-27-15-8-9-17-18(10-15)28-20(23-17)22-11-16-12(2)24-25(19(16)26)14-6-4-13(21)5-7-14/h4-11,24H,3H2,1-2H3/b22-11+. The summed E-state index contributed by atoms with van der Waals surface area (Å²) in [5.74, 6) is 0.816. The van der Waals surface area contributed by atoms with Crippen molar-refractivity contribution in [3.8, 4) is 11.4 Å². The summed E-state index contributed by atoms with van der Waals surface area (Å²) in [5.41, 5.74) is 2.79. The number of aromatic nitrogens is 3. The third-order valence-corrected chi connectivity index (χ3v) is 5.81. The van der Waals surface area contributed by atoms with Crippen molar-refractivity contribution in [1.29, 1.82) is 0 Å². The molecule has 4 aromatic rings. The molecule has 142 valence electrons. The van der Waals surface area contributed by atoms with Crippen molar-refractivity contribution in [2.24, 2.45) is 4.99 Å². The lowest BCUT2D eigenvalue weighted by atomic mass is 10.3. The van der Waals surface area contributed by atoms with Crippen LogP contribution in [0.15, 0.2) is 52.3 Å². The first-order valence-corrected chi connectivity index (χ1v) is 10.6. The molecule has 0 aliphatic heterocycles. The minimum Gasteiger partial charge on any atom is -0.494 e. The van der Waals surface area contributed by atoms with Gasteiger partial charge in [0.15, 0.2) is 0 Å². The predicted octanol–water partition coefficient (Wildman–Crippen LogP) is 4.84. The van der Waals surface area contributed by atoms with E-state index in [4.69, 9.17) is 4.74 Å². The van der Waals surface area contributed by atoms with Crippen molar-refractivity contribution < 1.29 is 4.74 Å². The molecule has 0 aliphatic rings. The summed E-state index contributed by atoms with van der Waals surface area (Å²) in [4.78, 5) is 21.7. The van der Waals surface area contributed by atoms with Gasteiger partial charge in [0.25, 0.3) is 5.56 Å². The number of H-pyrrole nitrogens is 1. The van der Waals surface area contributed by atoms with Crippen molar-refractivity contribution in [3.05, 3.63) is 67.6 Å². The highest BCUT2D eigenvalue weighted by Gasteiger charge is 2.11. The highest BCUT2D eigenvalue weighted by Crippen LogP contribution is 2.30. The normalized spacial score (nSPS) is 11.5. The second-order valence-corrected chi connectivity index (χ2v) is 8.34. The number of aryl methyl sites for hydroxylation is 1. The Morgan fingerprint density at radius 2 is 2.07 bits per heavy atom. The summed E-state index contributed by atoms with van der Waals surface area (Å²) < 4.78 is 9.17. The Balaban J connectivity index is 1.65. The van der Waals surface area contributed by atoms with Gasteiger partial charge < -0.3 is 4.74 Å². The zero-order valence-electron chi connectivity index (χ0n) is 15.3. The molecule has 0 fully saturated rings. The number of nitrogens with one attached hydrogen (secondary N) is 1. The van der Waals surface area contributed by atoms with Gasteiger partial charge in [-0.15, -0.1) is 0 Å². The summed E-state index contributed by atoms with van der Waals surface area (Å²) in [6.07, 6.45) is 1.58. The summed E-state index contributed by atoms with van der Waals surface area (Å²) in [7, 11) is 0. The fourth-order valence-corrected chi connectivity index (χ4v) is 4.01.